The number of ether oxygens (including phenoxy) is 1. The van der Waals surface area contributed by atoms with E-state index in [1.165, 1.54) is 5.56 Å². The van der Waals surface area contributed by atoms with Crippen molar-refractivity contribution in [3.63, 3.8) is 0 Å². The Labute approximate surface area is 113 Å². The maximum atomic E-state index is 5.75. The Hall–Kier alpha value is -1.97. The molecule has 1 aromatic carbocycles. The van der Waals surface area contributed by atoms with Gasteiger partial charge in [0, 0.05) is 18.2 Å². The standard InChI is InChI=1S/C15H19N3O/c1-3-19-14-7-5-4-6-12(14)13-8-9-16-15-10-11(2)17-18(13)15/h4-7,10,13,16H,3,8-9H2,1-2H3. The molecule has 1 aliphatic heterocycles. The number of nitrogens with zero attached hydrogens (tertiary/aromatic N) is 2. The average molecular weight is 257 g/mol. The fourth-order valence-corrected chi connectivity index (χ4v) is 2.68. The van der Waals surface area contributed by atoms with Crippen molar-refractivity contribution >= 4 is 5.82 Å². The van der Waals surface area contributed by atoms with Crippen LogP contribution in [0.5, 0.6) is 5.75 Å². The van der Waals surface area contributed by atoms with E-state index in [0.717, 1.165) is 30.2 Å². The minimum Gasteiger partial charge on any atom is -0.494 e. The van der Waals surface area contributed by atoms with Crippen molar-refractivity contribution in [2.75, 3.05) is 18.5 Å². The van der Waals surface area contributed by atoms with Crippen molar-refractivity contribution < 1.29 is 4.74 Å². The van der Waals surface area contributed by atoms with Crippen LogP contribution in [0.2, 0.25) is 0 Å². The molecule has 1 unspecified atom stereocenters. The number of aromatic nitrogens is 2. The molecule has 2 aromatic rings. The topological polar surface area (TPSA) is 39.1 Å². The number of hydrogen-bond acceptors (Lipinski definition) is 3. The Bertz CT molecular complexity index is 577. The van der Waals surface area contributed by atoms with E-state index in [9.17, 15) is 0 Å². The predicted octanol–water partition coefficient (Wildman–Crippen LogP) is 3.00. The lowest BCUT2D eigenvalue weighted by atomic mass is 10.0. The van der Waals surface area contributed by atoms with Crippen LogP contribution in [0.25, 0.3) is 0 Å². The minimum absolute atomic E-state index is 0.257. The monoisotopic (exact) mass is 257 g/mol. The van der Waals surface area contributed by atoms with Crippen LogP contribution in [-0.2, 0) is 0 Å². The predicted molar refractivity (Wildman–Crippen MR) is 75.8 cm³/mol. The van der Waals surface area contributed by atoms with Crippen molar-refractivity contribution in [2.45, 2.75) is 26.3 Å². The molecule has 100 valence electrons. The summed E-state index contributed by atoms with van der Waals surface area (Å²) in [6.07, 6.45) is 1.03. The number of fused-ring (bicyclic) bond motifs is 1. The zero-order chi connectivity index (χ0) is 13.2. The molecule has 0 saturated carbocycles. The van der Waals surface area contributed by atoms with E-state index in [2.05, 4.69) is 33.3 Å². The molecule has 1 atom stereocenters. The maximum Gasteiger partial charge on any atom is 0.125 e. The van der Waals surface area contributed by atoms with Crippen molar-refractivity contribution in [1.29, 1.82) is 0 Å². The second-order valence-electron chi connectivity index (χ2n) is 4.82. The van der Waals surface area contributed by atoms with Crippen LogP contribution >= 0.6 is 0 Å². The van der Waals surface area contributed by atoms with Gasteiger partial charge in [-0.1, -0.05) is 18.2 Å². The highest BCUT2D eigenvalue weighted by molar-refractivity contribution is 5.44. The van der Waals surface area contributed by atoms with E-state index < -0.39 is 0 Å². The molecular formula is C15H19N3O. The summed E-state index contributed by atoms with van der Waals surface area (Å²) in [6, 6.07) is 10.6. The molecule has 4 nitrogen and oxygen atoms in total. The van der Waals surface area contributed by atoms with Gasteiger partial charge in [-0.2, -0.15) is 5.10 Å². The number of nitrogens with one attached hydrogen (secondary N) is 1. The van der Waals surface area contributed by atoms with Crippen LogP contribution in [0.3, 0.4) is 0 Å². The SMILES string of the molecule is CCOc1ccccc1C1CCNc2cc(C)nn21. The summed E-state index contributed by atoms with van der Waals surface area (Å²) in [7, 11) is 0. The first-order valence-electron chi connectivity index (χ1n) is 6.81. The third-order valence-electron chi connectivity index (χ3n) is 3.45. The molecule has 19 heavy (non-hydrogen) atoms. The van der Waals surface area contributed by atoms with Gasteiger partial charge in [0.2, 0.25) is 0 Å². The Morgan fingerprint density at radius 2 is 2.26 bits per heavy atom. The summed E-state index contributed by atoms with van der Waals surface area (Å²) in [6.45, 7) is 5.70. The summed E-state index contributed by atoms with van der Waals surface area (Å²) in [5.74, 6) is 2.07. The van der Waals surface area contributed by atoms with Gasteiger partial charge in [0.15, 0.2) is 0 Å². The molecule has 1 N–H and O–H groups in total. The maximum absolute atomic E-state index is 5.75. The Kier molecular flexibility index (Phi) is 3.15. The molecule has 0 bridgehead atoms. The van der Waals surface area contributed by atoms with Crippen molar-refractivity contribution in [2.24, 2.45) is 0 Å². The second-order valence-corrected chi connectivity index (χ2v) is 4.82. The molecule has 0 aliphatic carbocycles. The highest BCUT2D eigenvalue weighted by Gasteiger charge is 2.24. The van der Waals surface area contributed by atoms with Gasteiger partial charge in [-0.05, 0) is 26.3 Å². The molecule has 3 rings (SSSR count). The lowest BCUT2D eigenvalue weighted by Gasteiger charge is -2.27. The summed E-state index contributed by atoms with van der Waals surface area (Å²) in [4.78, 5) is 0. The van der Waals surface area contributed by atoms with Gasteiger partial charge in [-0.25, -0.2) is 4.68 Å². The first-order chi connectivity index (χ1) is 9.29. The quantitative estimate of drug-likeness (QED) is 0.918. The summed E-state index contributed by atoms with van der Waals surface area (Å²) in [5, 5.41) is 8.00. The number of para-hydroxylation sites is 1. The third-order valence-corrected chi connectivity index (χ3v) is 3.45. The van der Waals surface area contributed by atoms with Crippen LogP contribution in [0, 0.1) is 6.92 Å². The minimum atomic E-state index is 0.257. The number of benzene rings is 1. The number of rotatable bonds is 3. The Balaban J connectivity index is 2.03. The summed E-state index contributed by atoms with van der Waals surface area (Å²) >= 11 is 0. The highest BCUT2D eigenvalue weighted by Crippen LogP contribution is 2.34. The first-order valence-corrected chi connectivity index (χ1v) is 6.81. The van der Waals surface area contributed by atoms with Crippen LogP contribution in [-0.4, -0.2) is 22.9 Å². The molecule has 4 heteroatoms. The summed E-state index contributed by atoms with van der Waals surface area (Å²) < 4.78 is 7.83. The molecule has 1 aliphatic rings. The summed E-state index contributed by atoms with van der Waals surface area (Å²) in [5.41, 5.74) is 2.26. The molecule has 0 spiro atoms. The first kappa shape index (κ1) is 12.1. The van der Waals surface area contributed by atoms with Gasteiger partial charge in [0.1, 0.15) is 11.6 Å². The number of aryl methyl sites for hydroxylation is 1. The van der Waals surface area contributed by atoms with Gasteiger partial charge in [0.25, 0.3) is 0 Å². The zero-order valence-electron chi connectivity index (χ0n) is 11.4. The Morgan fingerprint density at radius 1 is 1.42 bits per heavy atom. The molecule has 0 radical (unpaired) electrons. The van der Waals surface area contributed by atoms with E-state index in [0.29, 0.717) is 6.61 Å². The van der Waals surface area contributed by atoms with Gasteiger partial charge in [-0.15, -0.1) is 0 Å². The van der Waals surface area contributed by atoms with Gasteiger partial charge < -0.3 is 10.1 Å². The third kappa shape index (κ3) is 2.18. The molecule has 0 amide bonds. The Morgan fingerprint density at radius 3 is 3.11 bits per heavy atom. The van der Waals surface area contributed by atoms with E-state index >= 15 is 0 Å². The second kappa shape index (κ2) is 4.96. The van der Waals surface area contributed by atoms with Crippen LogP contribution in [0.15, 0.2) is 30.3 Å². The average Bonchev–Trinajstić information content (AvgIpc) is 2.80. The van der Waals surface area contributed by atoms with Crippen LogP contribution in [0.4, 0.5) is 5.82 Å². The normalized spacial score (nSPS) is 17.7. The van der Waals surface area contributed by atoms with Crippen molar-refractivity contribution in [3.05, 3.63) is 41.6 Å². The fraction of sp³-hybridized carbons (Fsp3) is 0.400. The van der Waals surface area contributed by atoms with Crippen LogP contribution in [0.1, 0.15) is 30.6 Å². The smallest absolute Gasteiger partial charge is 0.125 e. The van der Waals surface area contributed by atoms with Crippen molar-refractivity contribution in [1.82, 2.24) is 9.78 Å². The van der Waals surface area contributed by atoms with E-state index in [-0.39, 0.29) is 6.04 Å². The lowest BCUT2D eigenvalue weighted by molar-refractivity contribution is 0.328. The van der Waals surface area contributed by atoms with Gasteiger partial charge in [-0.3, -0.25) is 0 Å². The van der Waals surface area contributed by atoms with Crippen LogP contribution < -0.4 is 10.1 Å². The fourth-order valence-electron chi connectivity index (χ4n) is 2.68. The molecule has 0 saturated heterocycles. The molecule has 2 heterocycles. The molecule has 1 aromatic heterocycles. The molecular weight excluding hydrogens is 238 g/mol. The van der Waals surface area contributed by atoms with Gasteiger partial charge in [0.05, 0.1) is 18.3 Å². The van der Waals surface area contributed by atoms with Crippen molar-refractivity contribution in [3.8, 4) is 5.75 Å². The van der Waals surface area contributed by atoms with E-state index in [1.54, 1.807) is 0 Å². The number of anilines is 1. The number of hydrogen-bond donors (Lipinski definition) is 1. The largest absolute Gasteiger partial charge is 0.494 e. The van der Waals surface area contributed by atoms with Gasteiger partial charge >= 0.3 is 0 Å². The van der Waals surface area contributed by atoms with E-state index in [1.807, 2.05) is 26.0 Å². The zero-order valence-corrected chi connectivity index (χ0v) is 11.4. The molecule has 0 fully saturated rings. The lowest BCUT2D eigenvalue weighted by Crippen LogP contribution is -2.24. The van der Waals surface area contributed by atoms with E-state index in [4.69, 9.17) is 4.74 Å². The highest BCUT2D eigenvalue weighted by atomic mass is 16.5.